The summed E-state index contributed by atoms with van der Waals surface area (Å²) in [7, 11) is -3.17. The van der Waals surface area contributed by atoms with Crippen LogP contribution in [0.4, 0.5) is 4.39 Å². The molecule has 0 unspecified atom stereocenters. The zero-order valence-corrected chi connectivity index (χ0v) is 8.78. The number of hydrogen-bond donors (Lipinski definition) is 0. The lowest BCUT2D eigenvalue weighted by Gasteiger charge is -1.99. The van der Waals surface area contributed by atoms with Crippen LogP contribution in [0.15, 0.2) is 35.0 Å². The van der Waals surface area contributed by atoms with Crippen molar-refractivity contribution in [2.75, 3.05) is 6.26 Å². The predicted molar refractivity (Wildman–Crippen MR) is 52.6 cm³/mol. The Morgan fingerprint density at radius 1 is 1.31 bits per heavy atom. The van der Waals surface area contributed by atoms with E-state index in [4.69, 9.17) is 0 Å². The van der Waals surface area contributed by atoms with Crippen LogP contribution in [0.2, 0.25) is 0 Å². The third-order valence-corrected chi connectivity index (χ3v) is 3.06. The summed E-state index contributed by atoms with van der Waals surface area (Å²) < 4.78 is 34.2. The summed E-state index contributed by atoms with van der Waals surface area (Å²) in [6.45, 7) is 6.11. The first kappa shape index (κ1) is 12.1. The van der Waals surface area contributed by atoms with Crippen molar-refractivity contribution >= 4 is 9.84 Å². The molecule has 0 amide bonds. The molecule has 2 nitrogen and oxygen atoms in total. The quantitative estimate of drug-likeness (QED) is 0.661. The van der Waals surface area contributed by atoms with Gasteiger partial charge in [-0.15, -0.1) is 0 Å². The molecule has 0 saturated carbocycles. The SMILES string of the molecule is C=C(F)/C=C\C(C)=C(/C)S(C)(=O)=O. The zero-order chi connectivity index (χ0) is 10.6. The van der Waals surface area contributed by atoms with E-state index in [-0.39, 0.29) is 4.91 Å². The van der Waals surface area contributed by atoms with Crippen molar-refractivity contribution in [3.05, 3.63) is 35.0 Å². The minimum atomic E-state index is -3.17. The summed E-state index contributed by atoms with van der Waals surface area (Å²) in [6, 6.07) is 0. The molecule has 0 rings (SSSR count). The molecule has 0 saturated heterocycles. The van der Waals surface area contributed by atoms with Crippen LogP contribution in [0, 0.1) is 0 Å². The van der Waals surface area contributed by atoms with Crippen LogP contribution in [0.1, 0.15) is 13.8 Å². The van der Waals surface area contributed by atoms with Crippen LogP contribution in [0.25, 0.3) is 0 Å². The molecule has 0 bridgehead atoms. The Morgan fingerprint density at radius 2 is 1.77 bits per heavy atom. The highest BCUT2D eigenvalue weighted by atomic mass is 32.2. The van der Waals surface area contributed by atoms with Gasteiger partial charge in [0, 0.05) is 11.2 Å². The third kappa shape index (κ3) is 4.62. The molecule has 0 aromatic carbocycles. The first-order valence-electron chi connectivity index (χ1n) is 3.65. The summed E-state index contributed by atoms with van der Waals surface area (Å²) in [4.78, 5) is 0.241. The second-order valence-corrected chi connectivity index (χ2v) is 4.95. The van der Waals surface area contributed by atoms with E-state index in [1.807, 2.05) is 0 Å². The molecule has 74 valence electrons. The van der Waals surface area contributed by atoms with Crippen molar-refractivity contribution in [2.45, 2.75) is 13.8 Å². The summed E-state index contributed by atoms with van der Waals surface area (Å²) >= 11 is 0. The summed E-state index contributed by atoms with van der Waals surface area (Å²) in [5.41, 5.74) is 0.515. The molecule has 0 spiro atoms. The molecule has 0 fully saturated rings. The van der Waals surface area contributed by atoms with Crippen molar-refractivity contribution in [2.24, 2.45) is 0 Å². The van der Waals surface area contributed by atoms with Gasteiger partial charge in [-0.05, 0) is 25.5 Å². The van der Waals surface area contributed by atoms with E-state index in [9.17, 15) is 12.8 Å². The maximum atomic E-state index is 12.2. The average molecular weight is 204 g/mol. The van der Waals surface area contributed by atoms with Gasteiger partial charge in [-0.3, -0.25) is 0 Å². The second kappa shape index (κ2) is 4.37. The highest BCUT2D eigenvalue weighted by Crippen LogP contribution is 2.11. The molecule has 13 heavy (non-hydrogen) atoms. The Balaban J connectivity index is 4.96. The molecule has 0 heterocycles. The average Bonchev–Trinajstić information content (AvgIpc) is 1.96. The molecular formula is C9H13FO2S. The van der Waals surface area contributed by atoms with Gasteiger partial charge >= 0.3 is 0 Å². The van der Waals surface area contributed by atoms with Crippen molar-refractivity contribution in [3.8, 4) is 0 Å². The fraction of sp³-hybridized carbons (Fsp3) is 0.333. The van der Waals surface area contributed by atoms with Crippen LogP contribution in [-0.2, 0) is 9.84 Å². The first-order valence-corrected chi connectivity index (χ1v) is 5.54. The second-order valence-electron chi connectivity index (χ2n) is 2.79. The Kier molecular flexibility index (Phi) is 4.07. The normalized spacial score (nSPS) is 14.5. The largest absolute Gasteiger partial charge is 0.224 e. The Labute approximate surface area is 78.4 Å². The molecule has 0 aliphatic rings. The van der Waals surface area contributed by atoms with Crippen LogP contribution in [-0.4, -0.2) is 14.7 Å². The summed E-state index contributed by atoms with van der Waals surface area (Å²) in [5.74, 6) is -0.597. The Bertz CT molecular complexity index is 361. The number of sulfone groups is 1. The smallest absolute Gasteiger partial charge is 0.171 e. The van der Waals surface area contributed by atoms with Gasteiger partial charge in [0.2, 0.25) is 0 Å². The van der Waals surface area contributed by atoms with Gasteiger partial charge in [0.05, 0.1) is 0 Å². The maximum Gasteiger partial charge on any atom is 0.171 e. The fourth-order valence-corrected chi connectivity index (χ4v) is 1.28. The Hall–Kier alpha value is -0.900. The van der Waals surface area contributed by atoms with E-state index < -0.39 is 15.7 Å². The zero-order valence-electron chi connectivity index (χ0n) is 7.96. The number of allylic oxidation sites excluding steroid dienone is 5. The van der Waals surface area contributed by atoms with Crippen LogP contribution in [0.5, 0.6) is 0 Å². The molecule has 0 aliphatic carbocycles. The third-order valence-electron chi connectivity index (χ3n) is 1.63. The summed E-state index contributed by atoms with van der Waals surface area (Å²) in [5, 5.41) is 0. The van der Waals surface area contributed by atoms with Gasteiger partial charge in [-0.1, -0.05) is 12.7 Å². The van der Waals surface area contributed by atoms with E-state index in [2.05, 4.69) is 6.58 Å². The van der Waals surface area contributed by atoms with E-state index in [0.717, 1.165) is 12.3 Å². The molecule has 0 radical (unpaired) electrons. The van der Waals surface area contributed by atoms with E-state index in [1.165, 1.54) is 13.0 Å². The van der Waals surface area contributed by atoms with Crippen molar-refractivity contribution in [1.82, 2.24) is 0 Å². The van der Waals surface area contributed by atoms with E-state index in [1.54, 1.807) is 6.92 Å². The van der Waals surface area contributed by atoms with E-state index >= 15 is 0 Å². The van der Waals surface area contributed by atoms with Crippen LogP contribution < -0.4 is 0 Å². The molecule has 0 aliphatic heterocycles. The highest BCUT2D eigenvalue weighted by molar-refractivity contribution is 7.94. The molecule has 0 atom stereocenters. The van der Waals surface area contributed by atoms with Gasteiger partial charge < -0.3 is 0 Å². The first-order chi connectivity index (χ1) is 5.75. The van der Waals surface area contributed by atoms with E-state index in [0.29, 0.717) is 5.57 Å². The van der Waals surface area contributed by atoms with Gasteiger partial charge in [0.25, 0.3) is 0 Å². The van der Waals surface area contributed by atoms with Crippen LogP contribution >= 0.6 is 0 Å². The predicted octanol–water partition coefficient (Wildman–Crippen LogP) is 2.36. The van der Waals surface area contributed by atoms with Crippen LogP contribution in [0.3, 0.4) is 0 Å². The minimum Gasteiger partial charge on any atom is -0.224 e. The highest BCUT2D eigenvalue weighted by Gasteiger charge is 2.06. The lowest BCUT2D eigenvalue weighted by atomic mass is 10.2. The van der Waals surface area contributed by atoms with Crippen molar-refractivity contribution in [3.63, 3.8) is 0 Å². The lowest BCUT2D eigenvalue weighted by Crippen LogP contribution is -1.98. The van der Waals surface area contributed by atoms with Crippen molar-refractivity contribution in [1.29, 1.82) is 0 Å². The van der Waals surface area contributed by atoms with Gasteiger partial charge in [-0.2, -0.15) is 0 Å². The molecule has 4 heteroatoms. The van der Waals surface area contributed by atoms with Gasteiger partial charge in [0.1, 0.15) is 5.83 Å². The van der Waals surface area contributed by atoms with Gasteiger partial charge in [0.15, 0.2) is 9.84 Å². The summed E-state index contributed by atoms with van der Waals surface area (Å²) in [6.07, 6.45) is 3.63. The number of rotatable bonds is 3. The molecular weight excluding hydrogens is 191 g/mol. The number of halogens is 1. The lowest BCUT2D eigenvalue weighted by molar-refractivity contribution is 0.607. The molecule has 0 aromatic rings. The maximum absolute atomic E-state index is 12.2. The minimum absolute atomic E-state index is 0.241. The number of hydrogen-bond acceptors (Lipinski definition) is 2. The topological polar surface area (TPSA) is 34.1 Å². The standard InChI is InChI=1S/C9H13FO2S/c1-7(5-6-8(2)10)9(3)13(4,11)12/h5-6H,2H2,1,3-4H3/b6-5-,9-7+. The molecule has 0 aromatic heterocycles. The monoisotopic (exact) mass is 204 g/mol. The molecule has 0 N–H and O–H groups in total. The van der Waals surface area contributed by atoms with Crippen molar-refractivity contribution < 1.29 is 12.8 Å². The Morgan fingerprint density at radius 3 is 2.08 bits per heavy atom. The van der Waals surface area contributed by atoms with Gasteiger partial charge in [-0.25, -0.2) is 12.8 Å². The fourth-order valence-electron chi connectivity index (χ4n) is 0.625.